The number of ether oxygens (including phenoxy) is 1. The third kappa shape index (κ3) is 3.81. The Bertz CT molecular complexity index is 541. The van der Waals surface area contributed by atoms with Gasteiger partial charge in [-0.3, -0.25) is 4.79 Å². The summed E-state index contributed by atoms with van der Waals surface area (Å²) in [5.41, 5.74) is 2.30. The number of hydrogen-bond donors (Lipinski definition) is 1. The van der Waals surface area contributed by atoms with E-state index in [-0.39, 0.29) is 19.4 Å². The quantitative estimate of drug-likeness (QED) is 0.842. The molecule has 0 aliphatic carbocycles. The second kappa shape index (κ2) is 6.00. The van der Waals surface area contributed by atoms with Crippen LogP contribution < -0.4 is 0 Å². The average molecular weight is 258 g/mol. The van der Waals surface area contributed by atoms with Gasteiger partial charge in [0.25, 0.3) is 0 Å². The summed E-state index contributed by atoms with van der Waals surface area (Å²) in [5, 5.41) is 8.64. The van der Waals surface area contributed by atoms with Gasteiger partial charge in [0.15, 0.2) is 0 Å². The van der Waals surface area contributed by atoms with E-state index in [1.165, 1.54) is 0 Å². The van der Waals surface area contributed by atoms with Gasteiger partial charge in [-0.2, -0.15) is 0 Å². The molecule has 0 spiro atoms. The van der Waals surface area contributed by atoms with E-state index in [2.05, 4.69) is 0 Å². The Hall–Kier alpha value is -2.36. The highest BCUT2D eigenvalue weighted by Crippen LogP contribution is 2.19. The first kappa shape index (κ1) is 13.1. The Morgan fingerprint density at radius 2 is 2.05 bits per heavy atom. The van der Waals surface area contributed by atoms with Gasteiger partial charge in [0.1, 0.15) is 6.61 Å². The van der Waals surface area contributed by atoms with Crippen LogP contribution in [-0.2, 0) is 14.3 Å². The number of carboxylic acid groups (broad SMARTS) is 1. The maximum Gasteiger partial charge on any atom is 0.334 e. The van der Waals surface area contributed by atoms with E-state index in [0.29, 0.717) is 5.57 Å². The lowest BCUT2D eigenvalue weighted by Gasteiger charge is -2.15. The van der Waals surface area contributed by atoms with Crippen molar-refractivity contribution in [2.24, 2.45) is 0 Å². The third-order valence-corrected chi connectivity index (χ3v) is 2.75. The van der Waals surface area contributed by atoms with E-state index in [1.807, 2.05) is 36.4 Å². The molecule has 0 saturated carbocycles. The van der Waals surface area contributed by atoms with E-state index >= 15 is 0 Å². The van der Waals surface area contributed by atoms with Crippen molar-refractivity contribution in [3.63, 3.8) is 0 Å². The number of rotatable bonds is 4. The minimum atomic E-state index is -0.923. The lowest BCUT2D eigenvalue weighted by molar-refractivity contribution is -0.139. The van der Waals surface area contributed by atoms with Gasteiger partial charge < -0.3 is 9.84 Å². The number of benzene rings is 1. The maximum atomic E-state index is 11.5. The molecule has 1 N–H and O–H groups in total. The van der Waals surface area contributed by atoms with Crippen molar-refractivity contribution in [3.05, 3.63) is 53.1 Å². The van der Waals surface area contributed by atoms with Crippen LogP contribution >= 0.6 is 0 Å². The molecule has 0 bridgehead atoms. The first-order valence-corrected chi connectivity index (χ1v) is 6.00. The zero-order valence-electron chi connectivity index (χ0n) is 10.3. The Kier molecular flexibility index (Phi) is 4.13. The molecule has 1 aliphatic rings. The molecule has 0 atom stereocenters. The molecular weight excluding hydrogens is 244 g/mol. The minimum Gasteiger partial charge on any atom is -0.481 e. The van der Waals surface area contributed by atoms with E-state index < -0.39 is 11.9 Å². The van der Waals surface area contributed by atoms with Crippen LogP contribution in [0.25, 0.3) is 6.08 Å². The van der Waals surface area contributed by atoms with Crippen molar-refractivity contribution in [2.75, 3.05) is 6.61 Å². The van der Waals surface area contributed by atoms with E-state index in [1.54, 1.807) is 6.08 Å². The number of cyclic esters (lactones) is 1. The highest BCUT2D eigenvalue weighted by atomic mass is 16.5. The van der Waals surface area contributed by atoms with Crippen LogP contribution in [0.15, 0.2) is 47.6 Å². The predicted molar refractivity (Wildman–Crippen MR) is 70.3 cm³/mol. The summed E-state index contributed by atoms with van der Waals surface area (Å²) in [6.45, 7) is 0.226. The molecule has 2 rings (SSSR count). The lowest BCUT2D eigenvalue weighted by Crippen LogP contribution is -2.16. The maximum absolute atomic E-state index is 11.5. The van der Waals surface area contributed by atoms with Crippen molar-refractivity contribution in [3.8, 4) is 0 Å². The first-order chi connectivity index (χ1) is 9.15. The molecule has 4 heteroatoms. The second-order valence-electron chi connectivity index (χ2n) is 4.27. The summed E-state index contributed by atoms with van der Waals surface area (Å²) in [5.74, 6) is -1.35. The largest absolute Gasteiger partial charge is 0.481 e. The summed E-state index contributed by atoms with van der Waals surface area (Å²) in [4.78, 5) is 22.0. The normalized spacial score (nSPS) is 16.9. The Morgan fingerprint density at radius 1 is 1.32 bits per heavy atom. The van der Waals surface area contributed by atoms with Gasteiger partial charge in [-0.25, -0.2) is 4.79 Å². The molecule has 0 fully saturated rings. The molecule has 19 heavy (non-hydrogen) atoms. The molecule has 0 aromatic heterocycles. The monoisotopic (exact) mass is 258 g/mol. The summed E-state index contributed by atoms with van der Waals surface area (Å²) < 4.78 is 5.04. The number of aliphatic carboxylic acids is 1. The van der Waals surface area contributed by atoms with Crippen molar-refractivity contribution in [1.29, 1.82) is 0 Å². The van der Waals surface area contributed by atoms with Gasteiger partial charge in [-0.1, -0.05) is 30.3 Å². The number of carboxylic acids is 1. The topological polar surface area (TPSA) is 63.6 Å². The predicted octanol–water partition coefficient (Wildman–Crippen LogP) is 2.42. The molecule has 0 saturated heterocycles. The molecule has 1 heterocycles. The van der Waals surface area contributed by atoms with Crippen LogP contribution in [0.3, 0.4) is 0 Å². The fraction of sp³-hybridized carbons (Fsp3) is 0.200. The van der Waals surface area contributed by atoms with Crippen LogP contribution in [-0.4, -0.2) is 23.7 Å². The molecule has 4 nitrogen and oxygen atoms in total. The average Bonchev–Trinajstić information content (AvgIpc) is 2.40. The Balaban J connectivity index is 2.16. The fourth-order valence-corrected chi connectivity index (χ4v) is 1.83. The molecule has 0 amide bonds. The SMILES string of the molecule is O=C(O)CCC1=C/C(=C/c2ccccc2)COC1=O. The van der Waals surface area contributed by atoms with Crippen LogP contribution in [0.2, 0.25) is 0 Å². The van der Waals surface area contributed by atoms with E-state index in [4.69, 9.17) is 9.84 Å². The summed E-state index contributed by atoms with van der Waals surface area (Å²) >= 11 is 0. The highest BCUT2D eigenvalue weighted by molar-refractivity contribution is 5.91. The van der Waals surface area contributed by atoms with Gasteiger partial charge in [0, 0.05) is 12.0 Å². The van der Waals surface area contributed by atoms with Crippen LogP contribution in [0.4, 0.5) is 0 Å². The van der Waals surface area contributed by atoms with Crippen molar-refractivity contribution in [1.82, 2.24) is 0 Å². The third-order valence-electron chi connectivity index (χ3n) is 2.75. The van der Waals surface area contributed by atoms with Gasteiger partial charge >= 0.3 is 11.9 Å². The van der Waals surface area contributed by atoms with Gasteiger partial charge in [-0.15, -0.1) is 0 Å². The first-order valence-electron chi connectivity index (χ1n) is 6.00. The fourth-order valence-electron chi connectivity index (χ4n) is 1.83. The Labute approximate surface area is 111 Å². The van der Waals surface area contributed by atoms with Crippen molar-refractivity contribution >= 4 is 18.0 Å². The minimum absolute atomic E-state index is 0.0699. The molecule has 0 unspecified atom stereocenters. The number of carbonyl (C=O) groups excluding carboxylic acids is 1. The zero-order chi connectivity index (χ0) is 13.7. The molecule has 1 aromatic rings. The lowest BCUT2D eigenvalue weighted by atomic mass is 10.0. The summed E-state index contributed by atoms with van der Waals surface area (Å²) in [7, 11) is 0. The number of carbonyl (C=O) groups is 2. The van der Waals surface area contributed by atoms with Crippen molar-refractivity contribution in [2.45, 2.75) is 12.8 Å². The van der Waals surface area contributed by atoms with Crippen molar-refractivity contribution < 1.29 is 19.4 Å². The van der Waals surface area contributed by atoms with Gasteiger partial charge in [-0.05, 0) is 29.7 Å². The summed E-state index contributed by atoms with van der Waals surface area (Å²) in [6, 6.07) is 9.69. The summed E-state index contributed by atoms with van der Waals surface area (Å²) in [6.07, 6.45) is 3.77. The highest BCUT2D eigenvalue weighted by Gasteiger charge is 2.18. The van der Waals surface area contributed by atoms with Crippen LogP contribution in [0.5, 0.6) is 0 Å². The second-order valence-corrected chi connectivity index (χ2v) is 4.27. The van der Waals surface area contributed by atoms with Gasteiger partial charge in [0.2, 0.25) is 0 Å². The molecular formula is C15H14O4. The molecule has 0 radical (unpaired) electrons. The van der Waals surface area contributed by atoms with E-state index in [9.17, 15) is 9.59 Å². The molecule has 1 aromatic carbocycles. The van der Waals surface area contributed by atoms with Crippen LogP contribution in [0.1, 0.15) is 18.4 Å². The number of hydrogen-bond acceptors (Lipinski definition) is 3. The molecule has 1 aliphatic heterocycles. The zero-order valence-corrected chi connectivity index (χ0v) is 10.3. The standard InChI is InChI=1S/C15H14O4/c16-14(17)7-6-13-9-12(10-19-15(13)18)8-11-4-2-1-3-5-11/h1-5,8-9H,6-7,10H2,(H,16,17)/b12-8-. The number of esters is 1. The molecule has 98 valence electrons. The van der Waals surface area contributed by atoms with Gasteiger partial charge in [0.05, 0.1) is 0 Å². The van der Waals surface area contributed by atoms with E-state index in [0.717, 1.165) is 11.1 Å². The Morgan fingerprint density at radius 3 is 2.74 bits per heavy atom. The van der Waals surface area contributed by atoms with Crippen LogP contribution in [0, 0.1) is 0 Å². The smallest absolute Gasteiger partial charge is 0.334 e.